The van der Waals surface area contributed by atoms with Crippen molar-refractivity contribution < 1.29 is 4.92 Å². The molecule has 0 aliphatic rings. The van der Waals surface area contributed by atoms with Gasteiger partial charge in [-0.05, 0) is 38.5 Å². The summed E-state index contributed by atoms with van der Waals surface area (Å²) in [4.78, 5) is 10.00. The van der Waals surface area contributed by atoms with Crippen molar-refractivity contribution in [1.29, 1.82) is 0 Å². The van der Waals surface area contributed by atoms with E-state index in [2.05, 4.69) is 10.5 Å². The first-order chi connectivity index (χ1) is 7.38. The first-order valence-corrected chi connectivity index (χ1v) is 4.93. The highest BCUT2D eigenvalue weighted by Gasteiger charge is 2.06. The lowest BCUT2D eigenvalue weighted by Crippen LogP contribution is -2.31. The van der Waals surface area contributed by atoms with Gasteiger partial charge in [0, 0.05) is 17.7 Å². The number of hydrogen-bond acceptors (Lipinski definition) is 4. The number of nitrogens with zero attached hydrogens (tertiary/aromatic N) is 2. The molecule has 16 heavy (non-hydrogen) atoms. The molecule has 0 saturated heterocycles. The van der Waals surface area contributed by atoms with Gasteiger partial charge in [0.05, 0.1) is 11.1 Å². The number of non-ortho nitro benzene ring substituents is 1. The summed E-state index contributed by atoms with van der Waals surface area (Å²) in [5.41, 5.74) is 3.76. The number of benzene rings is 1. The minimum atomic E-state index is -0.422. The average molecular weight is 221 g/mol. The van der Waals surface area contributed by atoms with Crippen LogP contribution in [0.15, 0.2) is 29.4 Å². The molecular weight excluding hydrogens is 206 g/mol. The van der Waals surface area contributed by atoms with E-state index in [1.165, 1.54) is 12.1 Å². The topological polar surface area (TPSA) is 67.5 Å². The van der Waals surface area contributed by atoms with E-state index < -0.39 is 4.92 Å². The third-order valence-corrected chi connectivity index (χ3v) is 1.72. The Balaban J connectivity index is 2.65. The van der Waals surface area contributed by atoms with E-state index in [0.29, 0.717) is 0 Å². The lowest BCUT2D eigenvalue weighted by atomic mass is 10.1. The molecule has 0 fully saturated rings. The molecule has 0 aliphatic heterocycles. The first kappa shape index (κ1) is 12.2. The lowest BCUT2D eigenvalue weighted by Gasteiger charge is -2.16. The average Bonchev–Trinajstić information content (AvgIpc) is 2.16. The fourth-order valence-corrected chi connectivity index (χ4v) is 0.983. The molecule has 5 nitrogen and oxygen atoms in total. The molecule has 0 heterocycles. The van der Waals surface area contributed by atoms with E-state index in [0.717, 1.165) is 5.56 Å². The summed E-state index contributed by atoms with van der Waals surface area (Å²) in [5.74, 6) is 0. The summed E-state index contributed by atoms with van der Waals surface area (Å²) in [6.07, 6.45) is 1.63. The molecule has 0 amide bonds. The third kappa shape index (κ3) is 4.08. The number of nitro benzene ring substituents is 1. The van der Waals surface area contributed by atoms with Crippen molar-refractivity contribution in [3.8, 4) is 0 Å². The van der Waals surface area contributed by atoms with Crippen LogP contribution < -0.4 is 5.43 Å². The van der Waals surface area contributed by atoms with Gasteiger partial charge in [-0.3, -0.25) is 10.1 Å². The zero-order valence-corrected chi connectivity index (χ0v) is 9.60. The minimum absolute atomic E-state index is 0.0842. The Hall–Kier alpha value is -1.91. The van der Waals surface area contributed by atoms with Gasteiger partial charge >= 0.3 is 0 Å². The maximum absolute atomic E-state index is 10.4. The van der Waals surface area contributed by atoms with Crippen molar-refractivity contribution in [3.05, 3.63) is 39.9 Å². The minimum Gasteiger partial charge on any atom is -0.305 e. The number of hydrazone groups is 1. The smallest absolute Gasteiger partial charge is 0.269 e. The van der Waals surface area contributed by atoms with Crippen LogP contribution in [0.25, 0.3) is 0 Å². The molecule has 1 aromatic carbocycles. The van der Waals surface area contributed by atoms with Crippen LogP contribution in [-0.4, -0.2) is 16.7 Å². The first-order valence-electron chi connectivity index (χ1n) is 4.93. The van der Waals surface area contributed by atoms with Crippen LogP contribution in [0.4, 0.5) is 5.69 Å². The molecule has 0 atom stereocenters. The molecule has 1 rings (SSSR count). The summed E-state index contributed by atoms with van der Waals surface area (Å²) < 4.78 is 0. The largest absolute Gasteiger partial charge is 0.305 e. The molecule has 0 aromatic heterocycles. The molecule has 0 saturated carbocycles. The van der Waals surface area contributed by atoms with E-state index in [1.807, 2.05) is 20.8 Å². The van der Waals surface area contributed by atoms with Crippen LogP contribution in [-0.2, 0) is 0 Å². The highest BCUT2D eigenvalue weighted by Crippen LogP contribution is 2.10. The Morgan fingerprint density at radius 3 is 2.31 bits per heavy atom. The molecule has 1 N–H and O–H groups in total. The molecule has 0 spiro atoms. The van der Waals surface area contributed by atoms with Crippen LogP contribution in [0.5, 0.6) is 0 Å². The van der Waals surface area contributed by atoms with Gasteiger partial charge in [0.15, 0.2) is 0 Å². The van der Waals surface area contributed by atoms with Crippen molar-refractivity contribution in [2.75, 3.05) is 0 Å². The van der Waals surface area contributed by atoms with Gasteiger partial charge < -0.3 is 5.43 Å². The van der Waals surface area contributed by atoms with Gasteiger partial charge in [0.25, 0.3) is 5.69 Å². The molecule has 5 heteroatoms. The van der Waals surface area contributed by atoms with Crippen molar-refractivity contribution in [3.63, 3.8) is 0 Å². The summed E-state index contributed by atoms with van der Waals surface area (Å²) in [6.45, 7) is 6.00. The van der Waals surface area contributed by atoms with Gasteiger partial charge in [-0.25, -0.2) is 0 Å². The second-order valence-electron chi connectivity index (χ2n) is 4.47. The van der Waals surface area contributed by atoms with Gasteiger partial charge in [-0.1, -0.05) is 0 Å². The van der Waals surface area contributed by atoms with Crippen LogP contribution in [0.3, 0.4) is 0 Å². The van der Waals surface area contributed by atoms with E-state index in [4.69, 9.17) is 0 Å². The maximum atomic E-state index is 10.4. The normalized spacial score (nSPS) is 11.7. The molecule has 1 aromatic rings. The second-order valence-corrected chi connectivity index (χ2v) is 4.47. The van der Waals surface area contributed by atoms with Gasteiger partial charge in [-0.15, -0.1) is 0 Å². The van der Waals surface area contributed by atoms with Crippen LogP contribution in [0.2, 0.25) is 0 Å². The van der Waals surface area contributed by atoms with Gasteiger partial charge in [0.1, 0.15) is 0 Å². The zero-order valence-electron chi connectivity index (χ0n) is 9.60. The van der Waals surface area contributed by atoms with Crippen LogP contribution >= 0.6 is 0 Å². The number of hydrogen-bond donors (Lipinski definition) is 1. The van der Waals surface area contributed by atoms with Crippen molar-refractivity contribution >= 4 is 11.9 Å². The Bertz CT molecular complexity index is 391. The zero-order chi connectivity index (χ0) is 12.2. The van der Waals surface area contributed by atoms with Gasteiger partial charge in [0.2, 0.25) is 0 Å². The highest BCUT2D eigenvalue weighted by atomic mass is 16.6. The number of rotatable bonds is 3. The number of nitrogens with one attached hydrogen (secondary N) is 1. The lowest BCUT2D eigenvalue weighted by molar-refractivity contribution is -0.384. The Morgan fingerprint density at radius 1 is 1.31 bits per heavy atom. The fourth-order valence-electron chi connectivity index (χ4n) is 0.983. The van der Waals surface area contributed by atoms with Crippen LogP contribution in [0, 0.1) is 10.1 Å². The summed E-state index contributed by atoms with van der Waals surface area (Å²) >= 11 is 0. The maximum Gasteiger partial charge on any atom is 0.269 e. The Kier molecular flexibility index (Phi) is 3.60. The standard InChI is InChI=1S/C11H15N3O2/c1-11(2,3)13-12-8-9-4-6-10(7-5-9)14(15)16/h4-8,13H,1-3H3/b12-8+. The highest BCUT2D eigenvalue weighted by molar-refractivity contribution is 5.79. The molecule has 0 bridgehead atoms. The SMILES string of the molecule is CC(C)(C)N/N=C/c1ccc([N+](=O)[O-])cc1. The third-order valence-electron chi connectivity index (χ3n) is 1.72. The molecule has 86 valence electrons. The van der Waals surface area contributed by atoms with Crippen molar-refractivity contribution in [2.24, 2.45) is 5.10 Å². The second kappa shape index (κ2) is 4.74. The fraction of sp³-hybridized carbons (Fsp3) is 0.364. The quantitative estimate of drug-likeness (QED) is 0.484. The molecular formula is C11H15N3O2. The molecule has 0 aliphatic carbocycles. The van der Waals surface area contributed by atoms with E-state index in [9.17, 15) is 10.1 Å². The van der Waals surface area contributed by atoms with E-state index >= 15 is 0 Å². The summed E-state index contributed by atoms with van der Waals surface area (Å²) in [7, 11) is 0. The molecule has 0 radical (unpaired) electrons. The van der Waals surface area contributed by atoms with Gasteiger partial charge in [-0.2, -0.15) is 5.10 Å². The van der Waals surface area contributed by atoms with E-state index in [-0.39, 0.29) is 11.2 Å². The predicted molar refractivity (Wildman–Crippen MR) is 63.6 cm³/mol. The van der Waals surface area contributed by atoms with Crippen molar-refractivity contribution in [2.45, 2.75) is 26.3 Å². The van der Waals surface area contributed by atoms with E-state index in [1.54, 1.807) is 18.3 Å². The van der Waals surface area contributed by atoms with Crippen LogP contribution in [0.1, 0.15) is 26.3 Å². The molecule has 0 unspecified atom stereocenters. The summed E-state index contributed by atoms with van der Waals surface area (Å²) in [6, 6.07) is 6.23. The monoisotopic (exact) mass is 221 g/mol. The Labute approximate surface area is 94.3 Å². The predicted octanol–water partition coefficient (Wildman–Crippen LogP) is 2.32. The number of nitro groups is 1. The Morgan fingerprint density at radius 2 is 1.88 bits per heavy atom. The van der Waals surface area contributed by atoms with Crippen molar-refractivity contribution in [1.82, 2.24) is 5.43 Å². The summed E-state index contributed by atoms with van der Waals surface area (Å²) in [5, 5.41) is 14.5.